The fourth-order valence-electron chi connectivity index (χ4n) is 3.36. The van der Waals surface area contributed by atoms with Crippen LogP contribution in [0, 0.1) is 0 Å². The third-order valence-electron chi connectivity index (χ3n) is 5.01. The molecule has 31 heavy (non-hydrogen) atoms. The van der Waals surface area contributed by atoms with Gasteiger partial charge in [-0.2, -0.15) is 30.2 Å². The summed E-state index contributed by atoms with van der Waals surface area (Å²) in [5.74, 6) is 0. The maximum absolute atomic E-state index is 13.1. The second kappa shape index (κ2) is 7.86. The molecule has 1 aliphatic rings. The van der Waals surface area contributed by atoms with Crippen LogP contribution in [-0.2, 0) is 21.1 Å². The summed E-state index contributed by atoms with van der Waals surface area (Å²) in [6.07, 6.45) is -2.66. The van der Waals surface area contributed by atoms with Crippen LogP contribution in [0.2, 0.25) is 0 Å². The minimum atomic E-state index is -4.48. The second-order valence-electron chi connectivity index (χ2n) is 7.24. The highest BCUT2D eigenvalue weighted by Gasteiger charge is 2.33. The lowest BCUT2D eigenvalue weighted by atomic mass is 10.1. The number of ether oxygens (including phenoxy) is 1. The Labute approximate surface area is 177 Å². The average molecular weight is 455 g/mol. The molecule has 0 saturated carbocycles. The standard InChI is InChI=1S/C19H20F3N5O3S/c1-25(2)31(28,29)26-8-9-30-17(12-26)15-5-3-4-14(24-15)16-10-23-18-7-6-13(11-27(16)18)19(20,21)22/h3-7,10-11,17H,8-9,12H2,1-2H3/t17-/m0/s1. The first-order chi connectivity index (χ1) is 14.6. The van der Waals surface area contributed by atoms with E-state index in [1.54, 1.807) is 18.2 Å². The van der Waals surface area contributed by atoms with Crippen molar-refractivity contribution in [3.63, 3.8) is 0 Å². The largest absolute Gasteiger partial charge is 0.417 e. The van der Waals surface area contributed by atoms with E-state index in [2.05, 4.69) is 9.97 Å². The number of halogens is 3. The van der Waals surface area contributed by atoms with Gasteiger partial charge >= 0.3 is 6.18 Å². The minimum absolute atomic E-state index is 0.0857. The molecule has 3 aromatic rings. The molecular formula is C19H20F3N5O3S. The monoisotopic (exact) mass is 455 g/mol. The molecule has 1 saturated heterocycles. The Morgan fingerprint density at radius 1 is 1.19 bits per heavy atom. The third kappa shape index (κ3) is 4.15. The van der Waals surface area contributed by atoms with E-state index in [0.717, 1.165) is 16.6 Å². The summed E-state index contributed by atoms with van der Waals surface area (Å²) in [7, 11) is -0.690. The van der Waals surface area contributed by atoms with Crippen molar-refractivity contribution < 1.29 is 26.3 Å². The van der Waals surface area contributed by atoms with Crippen LogP contribution < -0.4 is 0 Å². The minimum Gasteiger partial charge on any atom is -0.369 e. The Bertz CT molecular complexity index is 1210. The molecule has 8 nitrogen and oxygen atoms in total. The number of imidazole rings is 1. The van der Waals surface area contributed by atoms with Gasteiger partial charge in [-0.1, -0.05) is 6.07 Å². The van der Waals surface area contributed by atoms with Gasteiger partial charge in [0.2, 0.25) is 0 Å². The lowest BCUT2D eigenvalue weighted by Crippen LogP contribution is -2.47. The van der Waals surface area contributed by atoms with E-state index in [1.165, 1.54) is 35.1 Å². The quantitative estimate of drug-likeness (QED) is 0.604. The van der Waals surface area contributed by atoms with Gasteiger partial charge < -0.3 is 4.74 Å². The topological polar surface area (TPSA) is 80.0 Å². The van der Waals surface area contributed by atoms with Crippen LogP contribution in [0.25, 0.3) is 17.0 Å². The van der Waals surface area contributed by atoms with Gasteiger partial charge in [0.1, 0.15) is 11.8 Å². The molecule has 166 valence electrons. The summed E-state index contributed by atoms with van der Waals surface area (Å²) in [5.41, 5.74) is 0.832. The smallest absolute Gasteiger partial charge is 0.369 e. The van der Waals surface area contributed by atoms with E-state index < -0.39 is 28.1 Å². The van der Waals surface area contributed by atoms with Gasteiger partial charge in [0, 0.05) is 33.4 Å². The molecule has 1 fully saturated rings. The highest BCUT2D eigenvalue weighted by molar-refractivity contribution is 7.86. The van der Waals surface area contributed by atoms with Crippen LogP contribution >= 0.6 is 0 Å². The van der Waals surface area contributed by atoms with Crippen LogP contribution in [0.1, 0.15) is 17.4 Å². The first kappa shape index (κ1) is 21.7. The molecule has 0 bridgehead atoms. The molecule has 1 aliphatic heterocycles. The maximum Gasteiger partial charge on any atom is 0.417 e. The van der Waals surface area contributed by atoms with Gasteiger partial charge in [0.05, 0.1) is 35.4 Å². The summed E-state index contributed by atoms with van der Waals surface area (Å²) < 4.78 is 73.8. The van der Waals surface area contributed by atoms with Gasteiger partial charge in [-0.25, -0.2) is 9.97 Å². The molecule has 0 spiro atoms. The van der Waals surface area contributed by atoms with E-state index >= 15 is 0 Å². The lowest BCUT2D eigenvalue weighted by Gasteiger charge is -2.33. The summed E-state index contributed by atoms with van der Waals surface area (Å²) in [4.78, 5) is 8.70. The van der Waals surface area contributed by atoms with E-state index in [1.807, 2.05) is 0 Å². The fraction of sp³-hybridized carbons (Fsp3) is 0.368. The second-order valence-corrected chi connectivity index (χ2v) is 9.38. The van der Waals surface area contributed by atoms with E-state index in [4.69, 9.17) is 4.74 Å². The summed E-state index contributed by atoms with van der Waals surface area (Å²) in [6, 6.07) is 7.33. The molecule has 4 heterocycles. The number of morpholine rings is 1. The number of fused-ring (bicyclic) bond motifs is 1. The molecule has 1 atom stereocenters. The van der Waals surface area contributed by atoms with Gasteiger partial charge in [0.25, 0.3) is 10.2 Å². The Hall–Kier alpha value is -2.54. The Morgan fingerprint density at radius 3 is 2.68 bits per heavy atom. The van der Waals surface area contributed by atoms with Gasteiger partial charge in [-0.3, -0.25) is 4.40 Å². The van der Waals surface area contributed by atoms with Crippen LogP contribution in [0.4, 0.5) is 13.2 Å². The van der Waals surface area contributed by atoms with Crippen LogP contribution in [0.3, 0.4) is 0 Å². The van der Waals surface area contributed by atoms with E-state index in [9.17, 15) is 21.6 Å². The van der Waals surface area contributed by atoms with Crippen molar-refractivity contribution in [2.45, 2.75) is 12.3 Å². The predicted octanol–water partition coefficient (Wildman–Crippen LogP) is 2.59. The van der Waals surface area contributed by atoms with Crippen molar-refractivity contribution in [3.8, 4) is 11.4 Å². The molecule has 0 N–H and O–H groups in total. The average Bonchev–Trinajstić information content (AvgIpc) is 3.16. The SMILES string of the molecule is CN(C)S(=O)(=O)N1CCO[C@H](c2cccc(-c3cnc4ccc(C(F)(F)F)cn34)n2)C1. The molecule has 0 amide bonds. The van der Waals surface area contributed by atoms with Crippen LogP contribution in [0.15, 0.2) is 42.7 Å². The third-order valence-corrected chi connectivity index (χ3v) is 6.92. The number of hydrogen-bond donors (Lipinski definition) is 0. The van der Waals surface area contributed by atoms with Gasteiger partial charge in [-0.15, -0.1) is 0 Å². The number of alkyl halides is 3. The molecule has 0 radical (unpaired) electrons. The molecule has 4 rings (SSSR count). The highest BCUT2D eigenvalue weighted by Crippen LogP contribution is 2.31. The summed E-state index contributed by atoms with van der Waals surface area (Å²) in [6.45, 7) is 0.515. The Kier molecular flexibility index (Phi) is 5.50. The molecule has 0 aromatic carbocycles. The van der Waals surface area contributed by atoms with Crippen molar-refractivity contribution >= 4 is 15.9 Å². The summed E-state index contributed by atoms with van der Waals surface area (Å²) >= 11 is 0. The zero-order valence-electron chi connectivity index (χ0n) is 16.7. The first-order valence-corrected chi connectivity index (χ1v) is 10.8. The number of pyridine rings is 2. The normalized spacial score (nSPS) is 18.7. The summed E-state index contributed by atoms with van der Waals surface area (Å²) in [5, 5.41) is 0. The van der Waals surface area contributed by atoms with Gasteiger partial charge in [0.15, 0.2) is 0 Å². The maximum atomic E-state index is 13.1. The number of nitrogens with zero attached hydrogens (tertiary/aromatic N) is 5. The fourth-order valence-corrected chi connectivity index (χ4v) is 4.45. The van der Waals surface area contributed by atoms with Crippen molar-refractivity contribution in [1.82, 2.24) is 23.0 Å². The van der Waals surface area contributed by atoms with Crippen molar-refractivity contribution in [1.29, 1.82) is 0 Å². The van der Waals surface area contributed by atoms with E-state index in [0.29, 0.717) is 22.7 Å². The van der Waals surface area contributed by atoms with Crippen LogP contribution in [0.5, 0.6) is 0 Å². The number of rotatable bonds is 4. The van der Waals surface area contributed by atoms with Crippen LogP contribution in [-0.4, -0.2) is 65.2 Å². The first-order valence-electron chi connectivity index (χ1n) is 9.38. The van der Waals surface area contributed by atoms with Crippen molar-refractivity contribution in [2.75, 3.05) is 33.8 Å². The number of aromatic nitrogens is 3. The Morgan fingerprint density at radius 2 is 1.97 bits per heavy atom. The Balaban J connectivity index is 1.68. The molecule has 3 aromatic heterocycles. The molecule has 12 heteroatoms. The highest BCUT2D eigenvalue weighted by atomic mass is 32.2. The number of hydrogen-bond acceptors (Lipinski definition) is 5. The molecular weight excluding hydrogens is 435 g/mol. The lowest BCUT2D eigenvalue weighted by molar-refractivity contribution is -0.137. The molecule has 0 unspecified atom stereocenters. The van der Waals surface area contributed by atoms with Crippen molar-refractivity contribution in [3.05, 3.63) is 54.0 Å². The molecule has 0 aliphatic carbocycles. The zero-order chi connectivity index (χ0) is 22.4. The predicted molar refractivity (Wildman–Crippen MR) is 106 cm³/mol. The van der Waals surface area contributed by atoms with Crippen molar-refractivity contribution in [2.24, 2.45) is 0 Å². The van der Waals surface area contributed by atoms with E-state index in [-0.39, 0.29) is 19.7 Å². The van der Waals surface area contributed by atoms with Gasteiger partial charge in [-0.05, 0) is 24.3 Å². The zero-order valence-corrected chi connectivity index (χ0v) is 17.6.